The summed E-state index contributed by atoms with van der Waals surface area (Å²) >= 11 is 5.91. The second kappa shape index (κ2) is 6.67. The van der Waals surface area contributed by atoms with Crippen LogP contribution in [0.25, 0.3) is 0 Å². The van der Waals surface area contributed by atoms with Crippen LogP contribution >= 0.6 is 11.6 Å². The van der Waals surface area contributed by atoms with E-state index in [2.05, 4.69) is 6.92 Å². The maximum Gasteiger partial charge on any atom is 0.194 e. The number of carbonyl (C=O) groups excluding carboxylic acids is 1. The van der Waals surface area contributed by atoms with E-state index in [1.54, 1.807) is 12.1 Å². The highest BCUT2D eigenvalue weighted by atomic mass is 35.5. The van der Waals surface area contributed by atoms with Crippen LogP contribution in [0.1, 0.15) is 41.3 Å². The number of ketones is 1. The molecule has 0 bridgehead atoms. The summed E-state index contributed by atoms with van der Waals surface area (Å²) < 4.78 is 13.0. The lowest BCUT2D eigenvalue weighted by Crippen LogP contribution is -2.02. The van der Waals surface area contributed by atoms with Gasteiger partial charge in [-0.15, -0.1) is 0 Å². The zero-order chi connectivity index (χ0) is 14.5. The van der Waals surface area contributed by atoms with Crippen molar-refractivity contribution in [1.29, 1.82) is 0 Å². The summed E-state index contributed by atoms with van der Waals surface area (Å²) in [7, 11) is 0. The van der Waals surface area contributed by atoms with Gasteiger partial charge < -0.3 is 0 Å². The van der Waals surface area contributed by atoms with E-state index >= 15 is 0 Å². The Morgan fingerprint density at radius 3 is 2.45 bits per heavy atom. The van der Waals surface area contributed by atoms with Crippen molar-refractivity contribution in [3.05, 3.63) is 70.0 Å². The molecule has 0 atom stereocenters. The topological polar surface area (TPSA) is 17.1 Å². The first-order valence-corrected chi connectivity index (χ1v) is 7.08. The molecule has 0 saturated heterocycles. The molecule has 0 saturated carbocycles. The Morgan fingerprint density at radius 1 is 1.15 bits per heavy atom. The Bertz CT molecular complexity index is 605. The number of hydrogen-bond acceptors (Lipinski definition) is 1. The van der Waals surface area contributed by atoms with Gasteiger partial charge in [-0.1, -0.05) is 49.2 Å². The van der Waals surface area contributed by atoms with Gasteiger partial charge in [0, 0.05) is 11.1 Å². The minimum absolute atomic E-state index is 0.144. The van der Waals surface area contributed by atoms with Gasteiger partial charge in [0.2, 0.25) is 0 Å². The molecule has 0 aliphatic rings. The van der Waals surface area contributed by atoms with Crippen LogP contribution in [0.5, 0.6) is 0 Å². The summed E-state index contributed by atoms with van der Waals surface area (Å²) in [6.45, 7) is 2.15. The molecule has 20 heavy (non-hydrogen) atoms. The van der Waals surface area contributed by atoms with Gasteiger partial charge in [-0.05, 0) is 36.6 Å². The first-order chi connectivity index (χ1) is 9.61. The maximum absolute atomic E-state index is 13.0. The number of rotatable bonds is 5. The lowest BCUT2D eigenvalue weighted by atomic mass is 10.0. The van der Waals surface area contributed by atoms with Gasteiger partial charge in [0.05, 0.1) is 5.02 Å². The average molecular weight is 291 g/mol. The van der Waals surface area contributed by atoms with E-state index in [-0.39, 0.29) is 10.8 Å². The third-order valence-electron chi connectivity index (χ3n) is 3.21. The molecular weight excluding hydrogens is 275 g/mol. The van der Waals surface area contributed by atoms with Gasteiger partial charge in [0.15, 0.2) is 5.78 Å². The molecule has 0 amide bonds. The molecule has 2 rings (SSSR count). The molecule has 0 spiro atoms. The number of hydrogen-bond donors (Lipinski definition) is 0. The van der Waals surface area contributed by atoms with Crippen LogP contribution in [-0.4, -0.2) is 5.78 Å². The molecular formula is C17H16ClFO. The Kier molecular flexibility index (Phi) is 4.91. The van der Waals surface area contributed by atoms with Crippen molar-refractivity contribution in [2.24, 2.45) is 0 Å². The lowest BCUT2D eigenvalue weighted by molar-refractivity contribution is 0.103. The van der Waals surface area contributed by atoms with E-state index in [4.69, 9.17) is 11.6 Å². The van der Waals surface area contributed by atoms with Gasteiger partial charge in [-0.2, -0.15) is 0 Å². The fourth-order valence-corrected chi connectivity index (χ4v) is 2.29. The number of aryl methyl sites for hydroxylation is 1. The highest BCUT2D eigenvalue weighted by Crippen LogP contribution is 2.21. The smallest absolute Gasteiger partial charge is 0.194 e. The van der Waals surface area contributed by atoms with Crippen molar-refractivity contribution >= 4 is 17.4 Å². The van der Waals surface area contributed by atoms with E-state index in [9.17, 15) is 9.18 Å². The van der Waals surface area contributed by atoms with Gasteiger partial charge in [0.25, 0.3) is 0 Å². The summed E-state index contributed by atoms with van der Waals surface area (Å²) in [4.78, 5) is 12.3. The quantitative estimate of drug-likeness (QED) is 0.704. The van der Waals surface area contributed by atoms with E-state index < -0.39 is 5.82 Å². The predicted octanol–water partition coefficient (Wildman–Crippen LogP) is 5.05. The third kappa shape index (κ3) is 3.45. The van der Waals surface area contributed by atoms with Gasteiger partial charge in [0.1, 0.15) is 5.82 Å². The van der Waals surface area contributed by atoms with E-state index in [0.717, 1.165) is 25.3 Å². The van der Waals surface area contributed by atoms with E-state index in [0.29, 0.717) is 11.1 Å². The molecule has 0 heterocycles. The molecule has 0 aliphatic heterocycles. The van der Waals surface area contributed by atoms with Crippen LogP contribution in [0, 0.1) is 5.82 Å². The first-order valence-electron chi connectivity index (χ1n) is 6.70. The van der Waals surface area contributed by atoms with Crippen LogP contribution in [0.3, 0.4) is 0 Å². The van der Waals surface area contributed by atoms with Crippen molar-refractivity contribution < 1.29 is 9.18 Å². The molecule has 0 radical (unpaired) electrons. The minimum Gasteiger partial charge on any atom is -0.289 e. The molecule has 0 aliphatic carbocycles. The van der Waals surface area contributed by atoms with Crippen molar-refractivity contribution in [3.8, 4) is 0 Å². The predicted molar refractivity (Wildman–Crippen MR) is 79.9 cm³/mol. The molecule has 1 nitrogen and oxygen atoms in total. The molecule has 0 unspecified atom stereocenters. The van der Waals surface area contributed by atoms with Gasteiger partial charge in [-0.25, -0.2) is 4.39 Å². The lowest BCUT2D eigenvalue weighted by Gasteiger charge is -2.05. The summed E-state index contributed by atoms with van der Waals surface area (Å²) in [6, 6.07) is 11.3. The average Bonchev–Trinajstić information content (AvgIpc) is 2.45. The number of benzene rings is 2. The Morgan fingerprint density at radius 2 is 1.85 bits per heavy atom. The van der Waals surface area contributed by atoms with Crippen molar-refractivity contribution in [1.82, 2.24) is 0 Å². The first kappa shape index (κ1) is 14.7. The Balaban J connectivity index is 2.20. The molecule has 2 aromatic rings. The highest BCUT2D eigenvalue weighted by Gasteiger charge is 2.13. The second-order valence-corrected chi connectivity index (χ2v) is 5.16. The molecule has 3 heteroatoms. The Hall–Kier alpha value is -1.67. The normalized spacial score (nSPS) is 10.6. The Labute approximate surface area is 123 Å². The van der Waals surface area contributed by atoms with Crippen molar-refractivity contribution in [2.75, 3.05) is 0 Å². The number of halogens is 2. The summed E-state index contributed by atoms with van der Waals surface area (Å²) in [5, 5.41) is 0.144. The third-order valence-corrected chi connectivity index (χ3v) is 3.52. The maximum atomic E-state index is 13.0. The van der Waals surface area contributed by atoms with Crippen LogP contribution < -0.4 is 0 Å². The van der Waals surface area contributed by atoms with Crippen LogP contribution in [0.15, 0.2) is 42.5 Å². The summed E-state index contributed by atoms with van der Waals surface area (Å²) in [5.74, 6) is -0.626. The van der Waals surface area contributed by atoms with Crippen LogP contribution in [0.4, 0.5) is 4.39 Å². The van der Waals surface area contributed by atoms with Crippen LogP contribution in [0.2, 0.25) is 5.02 Å². The monoisotopic (exact) mass is 290 g/mol. The fourth-order valence-electron chi connectivity index (χ4n) is 2.03. The molecule has 0 N–H and O–H groups in total. The zero-order valence-electron chi connectivity index (χ0n) is 11.3. The number of carbonyl (C=O) groups is 1. The van der Waals surface area contributed by atoms with Crippen molar-refractivity contribution in [3.63, 3.8) is 0 Å². The summed E-state index contributed by atoms with van der Waals surface area (Å²) in [6.07, 6.45) is 3.30. The standard InChI is InChI=1S/C17H16ClFO/c1-2-3-4-12-5-7-13(8-6-12)17(20)15-10-9-14(19)11-16(15)18/h5-11H,2-4H2,1H3. The number of unbranched alkanes of at least 4 members (excludes halogenated alkanes) is 1. The summed E-state index contributed by atoms with van der Waals surface area (Å²) in [5.41, 5.74) is 2.11. The largest absolute Gasteiger partial charge is 0.289 e. The van der Waals surface area contributed by atoms with Gasteiger partial charge >= 0.3 is 0 Å². The SMILES string of the molecule is CCCCc1ccc(C(=O)c2ccc(F)cc2Cl)cc1. The molecule has 0 fully saturated rings. The van der Waals surface area contributed by atoms with Crippen molar-refractivity contribution in [2.45, 2.75) is 26.2 Å². The molecule has 0 aromatic heterocycles. The van der Waals surface area contributed by atoms with E-state index in [1.807, 2.05) is 12.1 Å². The van der Waals surface area contributed by atoms with Gasteiger partial charge in [-0.3, -0.25) is 4.79 Å². The fraction of sp³-hybridized carbons (Fsp3) is 0.235. The second-order valence-electron chi connectivity index (χ2n) is 4.75. The highest BCUT2D eigenvalue weighted by molar-refractivity contribution is 6.35. The van der Waals surface area contributed by atoms with Crippen LogP contribution in [-0.2, 0) is 6.42 Å². The van der Waals surface area contributed by atoms with E-state index in [1.165, 1.54) is 17.7 Å². The minimum atomic E-state index is -0.443. The molecule has 2 aromatic carbocycles. The zero-order valence-corrected chi connectivity index (χ0v) is 12.1. The molecule has 104 valence electrons.